The number of likely N-dealkylation sites (tertiary alicyclic amines) is 1. The van der Waals surface area contributed by atoms with E-state index < -0.39 is 0 Å². The van der Waals surface area contributed by atoms with E-state index in [0.29, 0.717) is 17.9 Å². The van der Waals surface area contributed by atoms with Gasteiger partial charge in [0.1, 0.15) is 5.75 Å². The van der Waals surface area contributed by atoms with E-state index in [1.807, 2.05) is 4.90 Å². The maximum Gasteiger partial charge on any atom is 0.260 e. The van der Waals surface area contributed by atoms with Gasteiger partial charge in [-0.15, -0.1) is 0 Å². The zero-order valence-corrected chi connectivity index (χ0v) is 21.7. The average Bonchev–Trinajstić information content (AvgIpc) is 2.89. The number of nitrogens with one attached hydrogen (secondary N) is 1. The molecular weight excluding hydrogens is 452 g/mol. The molecule has 0 saturated carbocycles. The van der Waals surface area contributed by atoms with Crippen LogP contribution in [0.1, 0.15) is 49.0 Å². The van der Waals surface area contributed by atoms with Gasteiger partial charge in [0.25, 0.3) is 11.8 Å². The molecule has 2 aliphatic rings. The molecule has 7 heteroatoms. The van der Waals surface area contributed by atoms with Crippen LogP contribution >= 0.6 is 0 Å². The minimum absolute atomic E-state index is 0.0254. The summed E-state index contributed by atoms with van der Waals surface area (Å²) in [5.41, 5.74) is 1.95. The number of piperazine rings is 1. The van der Waals surface area contributed by atoms with Crippen LogP contribution in [-0.4, -0.2) is 84.5 Å². The highest BCUT2D eigenvalue weighted by atomic mass is 16.5. The summed E-state index contributed by atoms with van der Waals surface area (Å²) >= 11 is 0. The van der Waals surface area contributed by atoms with Crippen LogP contribution < -0.4 is 10.1 Å². The molecule has 2 fully saturated rings. The van der Waals surface area contributed by atoms with E-state index in [0.717, 1.165) is 52.1 Å². The fourth-order valence-electron chi connectivity index (χ4n) is 5.28. The van der Waals surface area contributed by atoms with Crippen molar-refractivity contribution in [2.24, 2.45) is 0 Å². The maximum atomic E-state index is 12.6. The molecule has 2 unspecified atom stereocenters. The van der Waals surface area contributed by atoms with Crippen molar-refractivity contribution in [3.63, 3.8) is 0 Å². The summed E-state index contributed by atoms with van der Waals surface area (Å²) in [7, 11) is 0. The Balaban J connectivity index is 1.14. The fourth-order valence-corrected chi connectivity index (χ4v) is 5.28. The Labute approximate surface area is 215 Å². The second-order valence-electron chi connectivity index (χ2n) is 10.1. The quantitative estimate of drug-likeness (QED) is 0.581. The Morgan fingerprint density at radius 3 is 2.19 bits per heavy atom. The van der Waals surface area contributed by atoms with Crippen molar-refractivity contribution in [2.75, 3.05) is 45.9 Å². The summed E-state index contributed by atoms with van der Waals surface area (Å²) in [6, 6.07) is 18.1. The summed E-state index contributed by atoms with van der Waals surface area (Å²) in [4.78, 5) is 32.0. The van der Waals surface area contributed by atoms with Gasteiger partial charge in [0.05, 0.1) is 0 Å². The van der Waals surface area contributed by atoms with E-state index in [-0.39, 0.29) is 30.5 Å². The highest BCUT2D eigenvalue weighted by molar-refractivity contribution is 5.94. The number of hydrogen-bond donors (Lipinski definition) is 1. The summed E-state index contributed by atoms with van der Waals surface area (Å²) < 4.78 is 5.73. The van der Waals surface area contributed by atoms with Crippen molar-refractivity contribution in [1.29, 1.82) is 0 Å². The molecule has 2 aliphatic heterocycles. The second kappa shape index (κ2) is 12.9. The van der Waals surface area contributed by atoms with E-state index >= 15 is 0 Å². The van der Waals surface area contributed by atoms with Gasteiger partial charge in [-0.25, -0.2) is 0 Å². The van der Waals surface area contributed by atoms with Crippen LogP contribution in [0.4, 0.5) is 0 Å². The number of hydrogen-bond acceptors (Lipinski definition) is 5. The van der Waals surface area contributed by atoms with Crippen LogP contribution in [0.5, 0.6) is 5.75 Å². The monoisotopic (exact) mass is 492 g/mol. The van der Waals surface area contributed by atoms with Crippen molar-refractivity contribution < 1.29 is 14.3 Å². The van der Waals surface area contributed by atoms with Crippen molar-refractivity contribution >= 4 is 11.8 Å². The van der Waals surface area contributed by atoms with Crippen molar-refractivity contribution in [1.82, 2.24) is 20.0 Å². The first-order chi connectivity index (χ1) is 17.5. The van der Waals surface area contributed by atoms with Gasteiger partial charge in [-0.05, 0) is 62.9 Å². The minimum Gasteiger partial charge on any atom is -0.484 e. The third-order valence-electron chi connectivity index (χ3n) is 7.39. The summed E-state index contributed by atoms with van der Waals surface area (Å²) in [5, 5.41) is 3.02. The van der Waals surface area contributed by atoms with Crippen LogP contribution in [-0.2, 0) is 11.3 Å². The lowest BCUT2D eigenvalue weighted by Crippen LogP contribution is -2.49. The van der Waals surface area contributed by atoms with E-state index in [1.165, 1.54) is 12.0 Å². The molecule has 2 aromatic rings. The van der Waals surface area contributed by atoms with Gasteiger partial charge >= 0.3 is 0 Å². The van der Waals surface area contributed by atoms with E-state index in [9.17, 15) is 9.59 Å². The van der Waals surface area contributed by atoms with Crippen LogP contribution in [0.15, 0.2) is 54.6 Å². The molecule has 36 heavy (non-hydrogen) atoms. The van der Waals surface area contributed by atoms with E-state index in [4.69, 9.17) is 4.74 Å². The first kappa shape index (κ1) is 26.2. The van der Waals surface area contributed by atoms with Crippen molar-refractivity contribution in [2.45, 2.75) is 51.7 Å². The molecule has 2 saturated heterocycles. The molecule has 0 spiro atoms. The Morgan fingerprint density at radius 2 is 1.53 bits per heavy atom. The fraction of sp³-hybridized carbons (Fsp3) is 0.517. The maximum absolute atomic E-state index is 12.6. The van der Waals surface area contributed by atoms with Gasteiger partial charge in [-0.1, -0.05) is 30.3 Å². The zero-order valence-electron chi connectivity index (χ0n) is 21.7. The normalized spacial score (nSPS) is 21.2. The zero-order chi connectivity index (χ0) is 25.3. The lowest BCUT2D eigenvalue weighted by atomic mass is 9.97. The molecule has 4 rings (SSSR count). The molecule has 2 atom stereocenters. The van der Waals surface area contributed by atoms with Crippen molar-refractivity contribution in [3.8, 4) is 5.75 Å². The van der Waals surface area contributed by atoms with Crippen LogP contribution in [0, 0.1) is 0 Å². The topological polar surface area (TPSA) is 65.1 Å². The van der Waals surface area contributed by atoms with Crippen molar-refractivity contribution in [3.05, 3.63) is 65.7 Å². The first-order valence-corrected chi connectivity index (χ1v) is 13.3. The van der Waals surface area contributed by atoms with Gasteiger partial charge in [-0.2, -0.15) is 0 Å². The lowest BCUT2D eigenvalue weighted by Gasteiger charge is -2.38. The predicted octanol–water partition coefficient (Wildman–Crippen LogP) is 3.40. The Bertz CT molecular complexity index is 964. The molecule has 0 aliphatic carbocycles. The van der Waals surface area contributed by atoms with Crippen LogP contribution in [0.3, 0.4) is 0 Å². The van der Waals surface area contributed by atoms with Gasteiger partial charge in [-0.3, -0.25) is 19.4 Å². The molecule has 194 valence electrons. The number of carbonyl (C=O) groups is 2. The molecule has 2 amide bonds. The largest absolute Gasteiger partial charge is 0.484 e. The Morgan fingerprint density at radius 1 is 0.889 bits per heavy atom. The lowest BCUT2D eigenvalue weighted by molar-refractivity contribution is -0.139. The minimum atomic E-state index is -0.0868. The summed E-state index contributed by atoms with van der Waals surface area (Å²) in [6.07, 6.45) is 3.26. The third-order valence-corrected chi connectivity index (χ3v) is 7.39. The number of piperidine rings is 1. The summed E-state index contributed by atoms with van der Waals surface area (Å²) in [6.45, 7) is 10.8. The summed E-state index contributed by atoms with van der Waals surface area (Å²) in [5.74, 6) is 0.541. The number of carbonyl (C=O) groups excluding carboxylic acids is 2. The SMILES string of the molecule is CC1CCCC(C)N1C(=O)COc1ccc(C(=O)NCCN2CCN(Cc3ccccc3)CC2)cc1. The van der Waals surface area contributed by atoms with Crippen LogP contribution in [0.25, 0.3) is 0 Å². The number of nitrogens with zero attached hydrogens (tertiary/aromatic N) is 3. The molecule has 7 nitrogen and oxygen atoms in total. The molecule has 0 bridgehead atoms. The third kappa shape index (κ3) is 7.31. The van der Waals surface area contributed by atoms with E-state index in [1.54, 1.807) is 24.3 Å². The van der Waals surface area contributed by atoms with Gasteiger partial charge in [0.2, 0.25) is 0 Å². The Hall–Kier alpha value is -2.90. The smallest absolute Gasteiger partial charge is 0.260 e. The van der Waals surface area contributed by atoms with Gasteiger partial charge < -0.3 is 15.0 Å². The molecular formula is C29H40N4O3. The molecule has 2 aromatic carbocycles. The van der Waals surface area contributed by atoms with E-state index in [2.05, 4.69) is 59.3 Å². The highest BCUT2D eigenvalue weighted by Crippen LogP contribution is 2.23. The second-order valence-corrected chi connectivity index (χ2v) is 10.1. The van der Waals surface area contributed by atoms with Crippen LogP contribution in [0.2, 0.25) is 0 Å². The van der Waals surface area contributed by atoms with Gasteiger partial charge in [0, 0.05) is 63.5 Å². The molecule has 0 aromatic heterocycles. The number of ether oxygens (including phenoxy) is 1. The standard InChI is InChI=1S/C29H40N4O3/c1-23-7-6-8-24(2)33(23)28(34)22-36-27-13-11-26(12-14-27)29(35)30-15-16-31-17-19-32(20-18-31)21-25-9-4-3-5-10-25/h3-5,9-14,23-24H,6-8,15-22H2,1-2H3,(H,30,35). The predicted molar refractivity (Wildman–Crippen MR) is 142 cm³/mol. The first-order valence-electron chi connectivity index (χ1n) is 13.3. The molecule has 2 heterocycles. The highest BCUT2D eigenvalue weighted by Gasteiger charge is 2.29. The Kier molecular flexibility index (Phi) is 9.36. The number of rotatable bonds is 9. The van der Waals surface area contributed by atoms with Gasteiger partial charge in [0.15, 0.2) is 6.61 Å². The molecule has 0 radical (unpaired) electrons. The number of benzene rings is 2. The molecule has 1 N–H and O–H groups in total. The average molecular weight is 493 g/mol. The number of amides is 2.